The van der Waals surface area contributed by atoms with E-state index in [1.54, 1.807) is 38.6 Å². The number of nitrogen functional groups attached to an aromatic ring is 1. The number of hydrogen-bond donors (Lipinski definition) is 3. The molecule has 1 aromatic heterocycles. The zero-order chi connectivity index (χ0) is 23.8. The van der Waals surface area contributed by atoms with Crippen molar-refractivity contribution >= 4 is 52.9 Å². The second-order valence-corrected chi connectivity index (χ2v) is 12.2. The molecule has 0 amide bonds. The Morgan fingerprint density at radius 3 is 2.67 bits per heavy atom. The highest BCUT2D eigenvalue weighted by molar-refractivity contribution is 7.70. The zero-order valence-corrected chi connectivity index (χ0v) is 20.8. The van der Waals surface area contributed by atoms with Gasteiger partial charge in [0.1, 0.15) is 17.9 Å². The van der Waals surface area contributed by atoms with Crippen molar-refractivity contribution in [3.05, 3.63) is 52.7 Å². The summed E-state index contributed by atoms with van der Waals surface area (Å²) in [5.41, 5.74) is 10.4. The Hall–Kier alpha value is -2.80. The Balaban J connectivity index is 1.66. The summed E-state index contributed by atoms with van der Waals surface area (Å²) >= 11 is 6.38. The first kappa shape index (κ1) is 23.4. The van der Waals surface area contributed by atoms with Crippen LogP contribution in [0.25, 0.3) is 0 Å². The fourth-order valence-corrected chi connectivity index (χ4v) is 5.17. The van der Waals surface area contributed by atoms with Crippen molar-refractivity contribution in [2.45, 2.75) is 13.0 Å². The largest absolute Gasteiger partial charge is 0.495 e. The average Bonchev–Trinajstić information content (AvgIpc) is 2.76. The molecule has 0 saturated heterocycles. The number of nitrogens with one attached hydrogen (secondary N) is 2. The van der Waals surface area contributed by atoms with Crippen molar-refractivity contribution in [2.24, 2.45) is 0 Å². The summed E-state index contributed by atoms with van der Waals surface area (Å²) in [6.07, 6.45) is 2.50. The number of hydrogen-bond acceptors (Lipinski definition) is 8. The molecule has 1 aliphatic rings. The maximum absolute atomic E-state index is 12.8. The lowest BCUT2D eigenvalue weighted by Crippen LogP contribution is -2.26. The predicted molar refractivity (Wildman–Crippen MR) is 137 cm³/mol. The minimum atomic E-state index is -2.59. The number of aromatic nitrogens is 2. The summed E-state index contributed by atoms with van der Waals surface area (Å²) in [5.74, 6) is 1.48. The van der Waals surface area contributed by atoms with Crippen LogP contribution in [0.2, 0.25) is 5.02 Å². The monoisotopic (exact) mass is 486 g/mol. The number of nitrogens with two attached hydrogens (primary N) is 1. The number of likely N-dealkylation sites (N-methyl/N-ethyl adjacent to an activating group) is 1. The Morgan fingerprint density at radius 1 is 1.15 bits per heavy atom. The van der Waals surface area contributed by atoms with Gasteiger partial charge >= 0.3 is 0 Å². The van der Waals surface area contributed by atoms with E-state index in [2.05, 4.69) is 44.7 Å². The van der Waals surface area contributed by atoms with E-state index < -0.39 is 7.14 Å². The molecule has 2 aromatic carbocycles. The highest BCUT2D eigenvalue weighted by Crippen LogP contribution is 2.40. The maximum atomic E-state index is 12.8. The number of benzene rings is 2. The molecule has 174 valence electrons. The SMILES string of the molecule is COc1cc2c(cc1Nc1ncc(Cl)c(Nc3ccc(N)cc3P(C)(C)=O)n1)CN(C)CC2. The van der Waals surface area contributed by atoms with Crippen molar-refractivity contribution in [2.75, 3.05) is 50.4 Å². The molecule has 4 rings (SSSR count). The lowest BCUT2D eigenvalue weighted by Gasteiger charge is -2.26. The molecule has 1 aliphatic heterocycles. The Morgan fingerprint density at radius 2 is 1.94 bits per heavy atom. The third kappa shape index (κ3) is 5.24. The van der Waals surface area contributed by atoms with Gasteiger partial charge in [0.15, 0.2) is 5.82 Å². The van der Waals surface area contributed by atoms with Crippen LogP contribution in [0.4, 0.5) is 28.8 Å². The van der Waals surface area contributed by atoms with E-state index in [9.17, 15) is 4.57 Å². The smallest absolute Gasteiger partial charge is 0.229 e. The van der Waals surface area contributed by atoms with Gasteiger partial charge in [-0.05, 0) is 68.3 Å². The van der Waals surface area contributed by atoms with Crippen LogP contribution in [-0.4, -0.2) is 48.9 Å². The number of rotatable bonds is 6. The van der Waals surface area contributed by atoms with E-state index in [1.165, 1.54) is 17.3 Å². The Bertz CT molecular complexity index is 1250. The molecule has 0 spiro atoms. The van der Waals surface area contributed by atoms with Gasteiger partial charge in [-0.1, -0.05) is 11.6 Å². The van der Waals surface area contributed by atoms with Crippen LogP contribution in [0.15, 0.2) is 36.5 Å². The highest BCUT2D eigenvalue weighted by atomic mass is 35.5. The van der Waals surface area contributed by atoms with Gasteiger partial charge in [-0.25, -0.2) is 4.98 Å². The molecule has 10 heteroatoms. The summed E-state index contributed by atoms with van der Waals surface area (Å²) in [4.78, 5) is 11.2. The van der Waals surface area contributed by atoms with E-state index in [0.29, 0.717) is 33.5 Å². The van der Waals surface area contributed by atoms with Gasteiger partial charge in [0, 0.05) is 24.1 Å². The third-order valence-electron chi connectivity index (χ3n) is 5.57. The fraction of sp³-hybridized carbons (Fsp3) is 0.304. The van der Waals surface area contributed by atoms with Crippen molar-refractivity contribution in [3.63, 3.8) is 0 Å². The number of anilines is 5. The van der Waals surface area contributed by atoms with Crippen LogP contribution >= 0.6 is 18.7 Å². The van der Waals surface area contributed by atoms with Gasteiger partial charge in [0.2, 0.25) is 5.95 Å². The van der Waals surface area contributed by atoms with Gasteiger partial charge in [-0.15, -0.1) is 0 Å². The lowest BCUT2D eigenvalue weighted by molar-refractivity contribution is 0.312. The molecule has 2 heterocycles. The fourth-order valence-electron chi connectivity index (χ4n) is 3.86. The lowest BCUT2D eigenvalue weighted by atomic mass is 9.99. The van der Waals surface area contributed by atoms with Crippen LogP contribution in [0.5, 0.6) is 5.75 Å². The molecule has 0 fully saturated rings. The molecule has 3 aromatic rings. The van der Waals surface area contributed by atoms with Crippen LogP contribution in [0.1, 0.15) is 11.1 Å². The number of fused-ring (bicyclic) bond motifs is 1. The molecule has 0 aliphatic carbocycles. The number of nitrogens with zero attached hydrogens (tertiary/aromatic N) is 3. The van der Waals surface area contributed by atoms with Crippen LogP contribution in [-0.2, 0) is 17.5 Å². The van der Waals surface area contributed by atoms with E-state index in [4.69, 9.17) is 22.1 Å². The molecule has 0 unspecified atom stereocenters. The van der Waals surface area contributed by atoms with E-state index in [0.717, 1.165) is 30.9 Å². The average molecular weight is 487 g/mol. The summed E-state index contributed by atoms with van der Waals surface area (Å²) in [5, 5.41) is 7.42. The molecule has 33 heavy (non-hydrogen) atoms. The Labute approximate surface area is 198 Å². The normalized spacial score (nSPS) is 14.0. The molecule has 0 radical (unpaired) electrons. The van der Waals surface area contributed by atoms with Gasteiger partial charge in [-0.3, -0.25) is 0 Å². The molecule has 0 saturated carbocycles. The minimum absolute atomic E-state index is 0.337. The minimum Gasteiger partial charge on any atom is -0.495 e. The van der Waals surface area contributed by atoms with Crippen LogP contribution < -0.4 is 26.4 Å². The maximum Gasteiger partial charge on any atom is 0.229 e. The number of ether oxygens (including phenoxy) is 1. The van der Waals surface area contributed by atoms with Crippen molar-refractivity contribution in [1.82, 2.24) is 14.9 Å². The molecule has 0 atom stereocenters. The summed E-state index contributed by atoms with van der Waals surface area (Å²) < 4.78 is 18.4. The standard InChI is InChI=1S/C23H28ClN6O2P/c1-30-8-7-14-10-20(32-2)19(9-15(14)13-30)28-23-26-12-17(24)22(29-23)27-18-6-5-16(25)11-21(18)33(3,4)31/h5-6,9-12H,7-8,13,25H2,1-4H3,(H2,26,27,28,29). The summed E-state index contributed by atoms with van der Waals surface area (Å²) in [6, 6.07) is 9.38. The van der Waals surface area contributed by atoms with Gasteiger partial charge in [0.05, 0.1) is 24.7 Å². The first-order valence-electron chi connectivity index (χ1n) is 10.5. The number of halogens is 1. The topological polar surface area (TPSA) is 105 Å². The van der Waals surface area contributed by atoms with Gasteiger partial charge in [0.25, 0.3) is 0 Å². The zero-order valence-electron chi connectivity index (χ0n) is 19.1. The predicted octanol–water partition coefficient (Wildman–Crippen LogP) is 4.44. The molecular formula is C23H28ClN6O2P. The second-order valence-electron chi connectivity index (χ2n) is 8.58. The van der Waals surface area contributed by atoms with Crippen molar-refractivity contribution in [1.29, 1.82) is 0 Å². The van der Waals surface area contributed by atoms with E-state index >= 15 is 0 Å². The van der Waals surface area contributed by atoms with Gasteiger partial charge in [-0.2, -0.15) is 4.98 Å². The van der Waals surface area contributed by atoms with E-state index in [1.807, 2.05) is 0 Å². The van der Waals surface area contributed by atoms with Crippen molar-refractivity contribution in [3.8, 4) is 5.75 Å². The van der Waals surface area contributed by atoms with Crippen molar-refractivity contribution < 1.29 is 9.30 Å². The first-order valence-corrected chi connectivity index (χ1v) is 13.5. The van der Waals surface area contributed by atoms with Crippen LogP contribution in [0, 0.1) is 0 Å². The van der Waals surface area contributed by atoms with Gasteiger partial charge < -0.3 is 30.6 Å². The third-order valence-corrected chi connectivity index (χ3v) is 7.38. The second kappa shape index (κ2) is 9.21. The molecular weight excluding hydrogens is 459 g/mol. The summed E-state index contributed by atoms with van der Waals surface area (Å²) in [7, 11) is 1.16. The molecule has 0 bridgehead atoms. The van der Waals surface area contributed by atoms with Crippen LogP contribution in [0.3, 0.4) is 0 Å². The number of methoxy groups -OCH3 is 1. The first-order chi connectivity index (χ1) is 15.6. The molecule has 8 nitrogen and oxygen atoms in total. The summed E-state index contributed by atoms with van der Waals surface area (Å²) in [6.45, 7) is 5.28. The van der Waals surface area contributed by atoms with E-state index in [-0.39, 0.29) is 0 Å². The Kier molecular flexibility index (Phi) is 6.52. The highest BCUT2D eigenvalue weighted by Gasteiger charge is 2.20. The molecule has 4 N–H and O–H groups in total. The quantitative estimate of drug-likeness (QED) is 0.347.